The first kappa shape index (κ1) is 17.8. The quantitative estimate of drug-likeness (QED) is 0.528. The van der Waals surface area contributed by atoms with Crippen LogP contribution in [0.1, 0.15) is 42.5 Å². The van der Waals surface area contributed by atoms with Crippen molar-refractivity contribution in [3.63, 3.8) is 0 Å². The second-order valence-electron chi connectivity index (χ2n) is 5.62. The fourth-order valence-corrected chi connectivity index (χ4v) is 3.49. The summed E-state index contributed by atoms with van der Waals surface area (Å²) in [5.41, 5.74) is 0.453. The van der Waals surface area contributed by atoms with Gasteiger partial charge in [0, 0.05) is 10.1 Å². The van der Waals surface area contributed by atoms with Crippen molar-refractivity contribution in [1.29, 1.82) is 0 Å². The number of benzene rings is 1. The summed E-state index contributed by atoms with van der Waals surface area (Å²) in [5, 5.41) is 13.2. The van der Waals surface area contributed by atoms with Crippen molar-refractivity contribution >= 4 is 40.1 Å². The lowest BCUT2D eigenvalue weighted by Crippen LogP contribution is -2.26. The van der Waals surface area contributed by atoms with Gasteiger partial charge in [0.2, 0.25) is 0 Å². The SMILES string of the molecule is COc1cc(I)c(Cl)cc1C(=O)NCCC[C@H]1CCC[C@H]1O. The number of halogens is 2. The fraction of sp³-hybridized carbons (Fsp3) is 0.562. The van der Waals surface area contributed by atoms with Crippen molar-refractivity contribution in [2.45, 2.75) is 38.2 Å². The monoisotopic (exact) mass is 437 g/mol. The number of nitrogens with one attached hydrogen (secondary N) is 1. The predicted octanol–water partition coefficient (Wildman–Crippen LogP) is 3.62. The Labute approximate surface area is 149 Å². The number of amides is 1. The Kier molecular flexibility index (Phi) is 6.77. The van der Waals surface area contributed by atoms with Gasteiger partial charge >= 0.3 is 0 Å². The molecule has 4 nitrogen and oxygen atoms in total. The first-order valence-electron chi connectivity index (χ1n) is 7.52. The Balaban J connectivity index is 1.85. The Hall–Kier alpha value is -0.530. The molecule has 6 heteroatoms. The van der Waals surface area contributed by atoms with E-state index >= 15 is 0 Å². The molecule has 1 saturated carbocycles. The minimum atomic E-state index is -0.179. The van der Waals surface area contributed by atoms with E-state index in [1.165, 1.54) is 7.11 Å². The number of rotatable bonds is 6. The summed E-state index contributed by atoms with van der Waals surface area (Å²) < 4.78 is 6.10. The lowest BCUT2D eigenvalue weighted by Gasteiger charge is -2.14. The van der Waals surface area contributed by atoms with Crippen molar-refractivity contribution in [2.75, 3.05) is 13.7 Å². The van der Waals surface area contributed by atoms with Crippen molar-refractivity contribution in [3.8, 4) is 5.75 Å². The molecule has 1 aromatic rings. The lowest BCUT2D eigenvalue weighted by molar-refractivity contribution is 0.0946. The molecule has 0 aromatic heterocycles. The highest BCUT2D eigenvalue weighted by atomic mass is 127. The smallest absolute Gasteiger partial charge is 0.255 e. The third-order valence-electron chi connectivity index (χ3n) is 4.14. The second kappa shape index (κ2) is 8.36. The number of hydrogen-bond donors (Lipinski definition) is 2. The Bertz CT molecular complexity index is 538. The molecule has 0 radical (unpaired) electrons. The van der Waals surface area contributed by atoms with Crippen LogP contribution in [0.3, 0.4) is 0 Å². The number of aliphatic hydroxyl groups excluding tert-OH is 1. The average Bonchev–Trinajstić information content (AvgIpc) is 2.91. The highest BCUT2D eigenvalue weighted by Crippen LogP contribution is 2.29. The zero-order chi connectivity index (χ0) is 16.1. The molecule has 1 aliphatic carbocycles. The van der Waals surface area contributed by atoms with E-state index in [0.29, 0.717) is 28.8 Å². The number of hydrogen-bond acceptors (Lipinski definition) is 3. The molecule has 122 valence electrons. The van der Waals surface area contributed by atoms with Crippen molar-refractivity contribution in [1.82, 2.24) is 5.32 Å². The summed E-state index contributed by atoms with van der Waals surface area (Å²) in [5.74, 6) is 0.735. The largest absolute Gasteiger partial charge is 0.496 e. The van der Waals surface area contributed by atoms with Crippen LogP contribution in [0.5, 0.6) is 5.75 Å². The molecule has 1 aromatic carbocycles. The van der Waals surface area contributed by atoms with Gasteiger partial charge in [-0.1, -0.05) is 18.0 Å². The molecule has 2 N–H and O–H groups in total. The Morgan fingerprint density at radius 3 is 2.91 bits per heavy atom. The third-order valence-corrected chi connectivity index (χ3v) is 5.67. The minimum absolute atomic E-state index is 0.161. The van der Waals surface area contributed by atoms with Crippen LogP contribution in [0.25, 0.3) is 0 Å². The van der Waals surface area contributed by atoms with E-state index in [9.17, 15) is 9.90 Å². The predicted molar refractivity (Wildman–Crippen MR) is 95.6 cm³/mol. The maximum atomic E-state index is 12.2. The molecule has 2 atom stereocenters. The zero-order valence-corrected chi connectivity index (χ0v) is 15.5. The zero-order valence-electron chi connectivity index (χ0n) is 12.6. The third kappa shape index (κ3) is 4.49. The van der Waals surface area contributed by atoms with Gasteiger partial charge in [-0.2, -0.15) is 0 Å². The molecule has 22 heavy (non-hydrogen) atoms. The van der Waals surface area contributed by atoms with Crippen LogP contribution in [-0.4, -0.2) is 30.8 Å². The van der Waals surface area contributed by atoms with Gasteiger partial charge in [0.05, 0.1) is 23.8 Å². The van der Waals surface area contributed by atoms with Gasteiger partial charge in [-0.3, -0.25) is 4.79 Å². The summed E-state index contributed by atoms with van der Waals surface area (Å²) in [6, 6.07) is 3.39. The van der Waals surface area contributed by atoms with Gasteiger partial charge < -0.3 is 15.2 Å². The van der Waals surface area contributed by atoms with Crippen LogP contribution in [-0.2, 0) is 0 Å². The molecule has 1 aliphatic rings. The maximum Gasteiger partial charge on any atom is 0.255 e. The first-order chi connectivity index (χ1) is 10.5. The van der Waals surface area contributed by atoms with E-state index in [1.807, 2.05) is 0 Å². The van der Waals surface area contributed by atoms with Crippen molar-refractivity contribution < 1.29 is 14.6 Å². The van der Waals surface area contributed by atoms with E-state index in [0.717, 1.165) is 35.7 Å². The number of carbonyl (C=O) groups excluding carboxylic acids is 1. The number of methoxy groups -OCH3 is 1. The van der Waals surface area contributed by atoms with E-state index in [1.54, 1.807) is 12.1 Å². The van der Waals surface area contributed by atoms with Gasteiger partial charge in [-0.15, -0.1) is 0 Å². The van der Waals surface area contributed by atoms with E-state index in [-0.39, 0.29) is 12.0 Å². The summed E-state index contributed by atoms with van der Waals surface area (Å²) >= 11 is 8.18. The minimum Gasteiger partial charge on any atom is -0.496 e. The van der Waals surface area contributed by atoms with Crippen LogP contribution in [0, 0.1) is 9.49 Å². The standard InChI is InChI=1S/C16H21ClINO3/c1-22-15-9-13(18)12(17)8-11(15)16(21)19-7-3-5-10-4-2-6-14(10)20/h8-10,14,20H,2-7H2,1H3,(H,19,21)/t10-,14-/m1/s1. The second-order valence-corrected chi connectivity index (χ2v) is 7.19. The molecular weight excluding hydrogens is 417 g/mol. The van der Waals surface area contributed by atoms with Crippen LogP contribution >= 0.6 is 34.2 Å². The summed E-state index contributed by atoms with van der Waals surface area (Å²) in [7, 11) is 1.54. The van der Waals surface area contributed by atoms with Crippen LogP contribution in [0.15, 0.2) is 12.1 Å². The number of ether oxygens (including phenoxy) is 1. The van der Waals surface area contributed by atoms with E-state index < -0.39 is 0 Å². The van der Waals surface area contributed by atoms with Gasteiger partial charge in [0.15, 0.2) is 0 Å². The van der Waals surface area contributed by atoms with Gasteiger partial charge in [0.25, 0.3) is 5.91 Å². The van der Waals surface area contributed by atoms with Crippen LogP contribution in [0.2, 0.25) is 5.02 Å². The number of carbonyl (C=O) groups is 1. The lowest BCUT2D eigenvalue weighted by atomic mass is 10.00. The molecule has 1 amide bonds. The van der Waals surface area contributed by atoms with Crippen LogP contribution in [0.4, 0.5) is 0 Å². The Morgan fingerprint density at radius 2 is 2.27 bits per heavy atom. The fourth-order valence-electron chi connectivity index (χ4n) is 2.89. The summed E-state index contributed by atoms with van der Waals surface area (Å²) in [6.45, 7) is 0.592. The first-order valence-corrected chi connectivity index (χ1v) is 8.98. The Morgan fingerprint density at radius 1 is 1.50 bits per heavy atom. The molecule has 2 rings (SSSR count). The van der Waals surface area contributed by atoms with Crippen LogP contribution < -0.4 is 10.1 Å². The topological polar surface area (TPSA) is 58.6 Å². The highest BCUT2D eigenvalue weighted by molar-refractivity contribution is 14.1. The highest BCUT2D eigenvalue weighted by Gasteiger charge is 2.24. The normalized spacial score (nSPS) is 20.9. The molecule has 0 bridgehead atoms. The number of aliphatic hydroxyl groups is 1. The molecule has 0 heterocycles. The van der Waals surface area contributed by atoms with Crippen molar-refractivity contribution in [2.24, 2.45) is 5.92 Å². The van der Waals surface area contributed by atoms with E-state index in [2.05, 4.69) is 27.9 Å². The van der Waals surface area contributed by atoms with E-state index in [4.69, 9.17) is 16.3 Å². The van der Waals surface area contributed by atoms with Crippen molar-refractivity contribution in [3.05, 3.63) is 26.3 Å². The molecule has 0 saturated heterocycles. The molecule has 0 unspecified atom stereocenters. The van der Waals surface area contributed by atoms with Gasteiger partial charge in [0.1, 0.15) is 5.75 Å². The molecule has 0 spiro atoms. The van der Waals surface area contributed by atoms with Gasteiger partial charge in [-0.25, -0.2) is 0 Å². The molecule has 1 fully saturated rings. The summed E-state index contributed by atoms with van der Waals surface area (Å²) in [4.78, 5) is 12.2. The van der Waals surface area contributed by atoms with Gasteiger partial charge in [-0.05, 0) is 66.3 Å². The molecular formula is C16H21ClINO3. The summed E-state index contributed by atoms with van der Waals surface area (Å²) in [6.07, 6.45) is 4.77. The maximum absolute atomic E-state index is 12.2. The molecule has 0 aliphatic heterocycles. The average molecular weight is 438 g/mol.